The summed E-state index contributed by atoms with van der Waals surface area (Å²) in [4.78, 5) is 12.7. The molecule has 0 saturated heterocycles. The maximum Gasteiger partial charge on any atom is 0.244 e. The van der Waals surface area contributed by atoms with Gasteiger partial charge >= 0.3 is 0 Å². The molecule has 0 radical (unpaired) electrons. The van der Waals surface area contributed by atoms with Crippen LogP contribution in [-0.4, -0.2) is 34.5 Å². The maximum atomic E-state index is 12.7. The van der Waals surface area contributed by atoms with E-state index in [1.807, 2.05) is 18.2 Å². The fourth-order valence-corrected chi connectivity index (χ4v) is 5.01. The Hall–Kier alpha value is -2.64. The minimum Gasteiger partial charge on any atom is -0.495 e. The summed E-state index contributed by atoms with van der Waals surface area (Å²) in [5.74, 6) is 0.549. The molecule has 7 heteroatoms. The lowest BCUT2D eigenvalue weighted by atomic mass is 9.92. The highest BCUT2D eigenvalue weighted by Gasteiger charge is 2.26. The lowest BCUT2D eigenvalue weighted by Crippen LogP contribution is -2.40. The summed E-state index contributed by atoms with van der Waals surface area (Å²) in [7, 11) is -0.909. The molecule has 0 aromatic heterocycles. The second-order valence-electron chi connectivity index (χ2n) is 7.80. The van der Waals surface area contributed by atoms with Crippen molar-refractivity contribution in [1.82, 2.24) is 10.0 Å². The van der Waals surface area contributed by atoms with Gasteiger partial charge in [-0.1, -0.05) is 49.2 Å². The van der Waals surface area contributed by atoms with E-state index < -0.39 is 10.0 Å². The van der Waals surface area contributed by atoms with Crippen molar-refractivity contribution in [2.24, 2.45) is 5.92 Å². The van der Waals surface area contributed by atoms with Crippen LogP contribution in [0.5, 0.6) is 5.75 Å². The second kappa shape index (κ2) is 10.6. The first-order chi connectivity index (χ1) is 14.9. The lowest BCUT2D eigenvalue weighted by molar-refractivity contribution is -0.117. The Balaban J connectivity index is 1.74. The molecule has 2 aromatic carbocycles. The first-order valence-electron chi connectivity index (χ1n) is 10.6. The molecule has 1 aliphatic rings. The minimum atomic E-state index is -3.68. The lowest BCUT2D eigenvalue weighted by Gasteiger charge is -2.24. The van der Waals surface area contributed by atoms with E-state index in [4.69, 9.17) is 4.74 Å². The molecule has 3 rings (SSSR count). The van der Waals surface area contributed by atoms with Gasteiger partial charge in [0.05, 0.1) is 7.11 Å². The first kappa shape index (κ1) is 23.0. The van der Waals surface area contributed by atoms with Crippen LogP contribution < -0.4 is 14.8 Å². The normalized spacial score (nSPS) is 15.8. The molecule has 2 aromatic rings. The Morgan fingerprint density at radius 3 is 2.52 bits per heavy atom. The SMILES string of the molecule is CNS(=O)(=O)c1cc(/C=C/C(=O)NC(Cc2ccccc2)C2CCCC2)ccc1OC. The van der Waals surface area contributed by atoms with Crippen LogP contribution in [0.1, 0.15) is 36.8 Å². The van der Waals surface area contributed by atoms with Crippen molar-refractivity contribution in [1.29, 1.82) is 0 Å². The van der Waals surface area contributed by atoms with E-state index >= 15 is 0 Å². The Morgan fingerprint density at radius 1 is 1.16 bits per heavy atom. The van der Waals surface area contributed by atoms with Gasteiger partial charge in [-0.05, 0) is 61.6 Å². The van der Waals surface area contributed by atoms with Gasteiger partial charge in [-0.15, -0.1) is 0 Å². The third-order valence-corrected chi connectivity index (χ3v) is 7.20. The molecule has 166 valence electrons. The molecule has 1 aliphatic carbocycles. The Labute approximate surface area is 184 Å². The highest BCUT2D eigenvalue weighted by atomic mass is 32.2. The number of hydrogen-bond donors (Lipinski definition) is 2. The molecule has 1 unspecified atom stereocenters. The van der Waals surface area contributed by atoms with Gasteiger partial charge < -0.3 is 10.1 Å². The van der Waals surface area contributed by atoms with Crippen molar-refractivity contribution in [2.75, 3.05) is 14.2 Å². The number of benzene rings is 2. The standard InChI is InChI=1S/C24H30N2O4S/c1-25-31(28,29)23-17-19(12-14-22(23)30-2)13-15-24(27)26-21(20-10-6-7-11-20)16-18-8-4-3-5-9-18/h3-5,8-9,12-15,17,20-21,25H,6-7,10-11,16H2,1-2H3,(H,26,27)/b15-13+. The van der Waals surface area contributed by atoms with E-state index in [9.17, 15) is 13.2 Å². The van der Waals surface area contributed by atoms with Gasteiger partial charge in [0.1, 0.15) is 10.6 Å². The quantitative estimate of drug-likeness (QED) is 0.582. The molecular formula is C24H30N2O4S. The number of amides is 1. The van der Waals surface area contributed by atoms with Gasteiger partial charge in [0.25, 0.3) is 0 Å². The van der Waals surface area contributed by atoms with Crippen molar-refractivity contribution in [3.63, 3.8) is 0 Å². The first-order valence-corrected chi connectivity index (χ1v) is 12.1. The van der Waals surface area contributed by atoms with Crippen LogP contribution in [0.4, 0.5) is 0 Å². The highest BCUT2D eigenvalue weighted by Crippen LogP contribution is 2.29. The van der Waals surface area contributed by atoms with Crippen LogP contribution in [0.15, 0.2) is 59.5 Å². The van der Waals surface area contributed by atoms with E-state index in [0.717, 1.165) is 19.3 Å². The van der Waals surface area contributed by atoms with Crippen LogP contribution in [0.3, 0.4) is 0 Å². The van der Waals surface area contributed by atoms with E-state index in [1.54, 1.807) is 18.2 Å². The number of sulfonamides is 1. The second-order valence-corrected chi connectivity index (χ2v) is 9.66. The fraction of sp³-hybridized carbons (Fsp3) is 0.375. The third kappa shape index (κ3) is 6.18. The molecule has 1 fully saturated rings. The summed E-state index contributed by atoms with van der Waals surface area (Å²) < 4.78 is 31.9. The van der Waals surface area contributed by atoms with Gasteiger partial charge in [-0.2, -0.15) is 0 Å². The van der Waals surface area contributed by atoms with Crippen LogP contribution in [0, 0.1) is 5.92 Å². The Kier molecular flexibility index (Phi) is 7.87. The molecule has 1 amide bonds. The predicted molar refractivity (Wildman–Crippen MR) is 122 cm³/mol. The Morgan fingerprint density at radius 2 is 1.87 bits per heavy atom. The van der Waals surface area contributed by atoms with E-state index in [-0.39, 0.29) is 22.6 Å². The molecule has 31 heavy (non-hydrogen) atoms. The van der Waals surface area contributed by atoms with E-state index in [0.29, 0.717) is 11.5 Å². The van der Waals surface area contributed by atoms with E-state index in [2.05, 4.69) is 22.2 Å². The maximum absolute atomic E-state index is 12.7. The summed E-state index contributed by atoms with van der Waals surface area (Å²) in [5.41, 5.74) is 1.81. The summed E-state index contributed by atoms with van der Waals surface area (Å²) in [6.45, 7) is 0. The van der Waals surface area contributed by atoms with Crippen LogP contribution in [0.25, 0.3) is 6.08 Å². The number of rotatable bonds is 9. The van der Waals surface area contributed by atoms with Gasteiger partial charge in [0.15, 0.2) is 0 Å². The summed E-state index contributed by atoms with van der Waals surface area (Å²) >= 11 is 0. The number of hydrogen-bond acceptors (Lipinski definition) is 4. The molecule has 0 heterocycles. The van der Waals surface area contributed by atoms with Crippen LogP contribution in [-0.2, 0) is 21.2 Å². The predicted octanol–water partition coefficient (Wildman–Crippen LogP) is 3.53. The van der Waals surface area contributed by atoms with Gasteiger partial charge in [0, 0.05) is 12.1 Å². The van der Waals surface area contributed by atoms with Crippen molar-refractivity contribution in [2.45, 2.75) is 43.0 Å². The molecule has 1 saturated carbocycles. The largest absolute Gasteiger partial charge is 0.495 e. The minimum absolute atomic E-state index is 0.0352. The molecule has 1 atom stereocenters. The van der Waals surface area contributed by atoms with Crippen molar-refractivity contribution < 1.29 is 17.9 Å². The highest BCUT2D eigenvalue weighted by molar-refractivity contribution is 7.89. The topological polar surface area (TPSA) is 84.5 Å². The molecule has 0 spiro atoms. The van der Waals surface area contributed by atoms with Crippen molar-refractivity contribution in [3.8, 4) is 5.75 Å². The van der Waals surface area contributed by atoms with Crippen LogP contribution >= 0.6 is 0 Å². The summed E-state index contributed by atoms with van der Waals surface area (Å²) in [5, 5.41) is 3.18. The zero-order chi connectivity index (χ0) is 22.3. The van der Waals surface area contributed by atoms with Crippen LogP contribution in [0.2, 0.25) is 0 Å². The number of methoxy groups -OCH3 is 1. The van der Waals surface area contributed by atoms with Gasteiger partial charge in [-0.25, -0.2) is 13.1 Å². The average Bonchev–Trinajstić information content (AvgIpc) is 3.33. The molecular weight excluding hydrogens is 412 g/mol. The fourth-order valence-electron chi connectivity index (χ4n) is 4.08. The monoisotopic (exact) mass is 442 g/mol. The summed E-state index contributed by atoms with van der Waals surface area (Å²) in [6, 6.07) is 15.1. The number of carbonyl (C=O) groups is 1. The Bertz CT molecular complexity index is 1010. The smallest absolute Gasteiger partial charge is 0.244 e. The number of nitrogens with one attached hydrogen (secondary N) is 2. The molecule has 0 bridgehead atoms. The zero-order valence-electron chi connectivity index (χ0n) is 18.0. The third-order valence-electron chi connectivity index (χ3n) is 5.77. The van der Waals surface area contributed by atoms with Crippen molar-refractivity contribution in [3.05, 3.63) is 65.7 Å². The van der Waals surface area contributed by atoms with Gasteiger partial charge in [0.2, 0.25) is 15.9 Å². The molecule has 2 N–H and O–H groups in total. The summed E-state index contributed by atoms with van der Waals surface area (Å²) in [6.07, 6.45) is 8.56. The van der Waals surface area contributed by atoms with Crippen molar-refractivity contribution >= 4 is 22.0 Å². The average molecular weight is 443 g/mol. The molecule has 0 aliphatic heterocycles. The number of ether oxygens (including phenoxy) is 1. The van der Waals surface area contributed by atoms with Gasteiger partial charge in [-0.3, -0.25) is 4.79 Å². The van der Waals surface area contributed by atoms with E-state index in [1.165, 1.54) is 44.7 Å². The zero-order valence-corrected chi connectivity index (χ0v) is 18.8. The molecule has 6 nitrogen and oxygen atoms in total. The number of carbonyl (C=O) groups excluding carboxylic acids is 1.